The number of carbonyl (C=O) groups is 1. The molecule has 0 saturated carbocycles. The van der Waals surface area contributed by atoms with Gasteiger partial charge >= 0.3 is 5.97 Å². The number of nitrogens with zero attached hydrogens (tertiary/aromatic N) is 3. The molecule has 0 aromatic carbocycles. The fourth-order valence-electron chi connectivity index (χ4n) is 2.58. The van der Waals surface area contributed by atoms with E-state index < -0.39 is 5.79 Å². The lowest BCUT2D eigenvalue weighted by Crippen LogP contribution is -2.24. The first-order valence-corrected chi connectivity index (χ1v) is 8.03. The maximum atomic E-state index is 11.5. The van der Waals surface area contributed by atoms with Gasteiger partial charge in [-0.25, -0.2) is 0 Å². The maximum Gasteiger partial charge on any atom is 0.306 e. The molecule has 3 atom stereocenters. The van der Waals surface area contributed by atoms with E-state index in [2.05, 4.69) is 16.9 Å². The van der Waals surface area contributed by atoms with Gasteiger partial charge in [-0.2, -0.15) is 0 Å². The average molecular weight is 325 g/mol. The lowest BCUT2D eigenvalue weighted by atomic mass is 9.97. The van der Waals surface area contributed by atoms with Crippen LogP contribution in [0.15, 0.2) is 17.3 Å². The van der Waals surface area contributed by atoms with E-state index in [1.807, 2.05) is 26.0 Å². The van der Waals surface area contributed by atoms with Crippen LogP contribution in [-0.4, -0.2) is 37.6 Å². The van der Waals surface area contributed by atoms with Crippen molar-refractivity contribution in [1.82, 2.24) is 0 Å². The largest absolute Gasteiger partial charge is 0.469 e. The molecule has 1 rings (SSSR count). The van der Waals surface area contributed by atoms with Gasteiger partial charge in [0.25, 0.3) is 0 Å². The van der Waals surface area contributed by atoms with E-state index in [0.717, 1.165) is 19.3 Å². The molecule has 0 spiro atoms. The number of azide groups is 1. The normalized spacial score (nSPS) is 24.3. The van der Waals surface area contributed by atoms with Crippen molar-refractivity contribution in [3.8, 4) is 0 Å². The van der Waals surface area contributed by atoms with Crippen LogP contribution < -0.4 is 0 Å². The summed E-state index contributed by atoms with van der Waals surface area (Å²) < 4.78 is 16.3. The number of ether oxygens (including phenoxy) is 3. The molecule has 23 heavy (non-hydrogen) atoms. The van der Waals surface area contributed by atoms with Gasteiger partial charge in [0, 0.05) is 4.91 Å². The first-order valence-electron chi connectivity index (χ1n) is 8.03. The van der Waals surface area contributed by atoms with Crippen LogP contribution >= 0.6 is 0 Å². The highest BCUT2D eigenvalue weighted by molar-refractivity contribution is 5.69. The Morgan fingerprint density at radius 2 is 2.22 bits per heavy atom. The molecule has 7 heteroatoms. The second kappa shape index (κ2) is 9.55. The fraction of sp³-hybridized carbons (Fsp3) is 0.812. The minimum absolute atomic E-state index is 0.106. The van der Waals surface area contributed by atoms with E-state index in [0.29, 0.717) is 6.42 Å². The molecule has 1 unspecified atom stereocenters. The Kier molecular flexibility index (Phi) is 8.09. The number of methoxy groups -OCH3 is 1. The summed E-state index contributed by atoms with van der Waals surface area (Å²) in [5, 5.41) is 3.58. The molecule has 7 nitrogen and oxygen atoms in total. The highest BCUT2D eigenvalue weighted by Gasteiger charge is 2.39. The van der Waals surface area contributed by atoms with Crippen molar-refractivity contribution in [1.29, 1.82) is 0 Å². The Balaban J connectivity index is 2.74. The third-order valence-electron chi connectivity index (χ3n) is 3.70. The number of hydrogen-bond acceptors (Lipinski definition) is 5. The SMILES string of the molecule is CCCC[C@H](/C=C/[C@@H]1OC(C)(C)OC1CN=[N+]=[N-])CC(=O)OC. The molecule has 0 bridgehead atoms. The lowest BCUT2D eigenvalue weighted by Gasteiger charge is -2.16. The molecule has 0 radical (unpaired) electrons. The predicted octanol–water partition coefficient (Wildman–Crippen LogP) is 3.74. The van der Waals surface area contributed by atoms with Crippen LogP contribution in [0.4, 0.5) is 0 Å². The van der Waals surface area contributed by atoms with Crippen LogP contribution in [0.3, 0.4) is 0 Å². The average Bonchev–Trinajstić information content (AvgIpc) is 2.81. The highest BCUT2D eigenvalue weighted by atomic mass is 16.7. The van der Waals surface area contributed by atoms with E-state index in [4.69, 9.17) is 19.7 Å². The van der Waals surface area contributed by atoms with Crippen LogP contribution in [0.25, 0.3) is 10.4 Å². The molecule has 0 amide bonds. The zero-order chi connectivity index (χ0) is 17.3. The van der Waals surface area contributed by atoms with Gasteiger partial charge < -0.3 is 14.2 Å². The number of hydrogen-bond donors (Lipinski definition) is 0. The number of unbranched alkanes of at least 4 members (excludes halogenated alkanes) is 1. The van der Waals surface area contributed by atoms with E-state index in [-0.39, 0.29) is 30.6 Å². The van der Waals surface area contributed by atoms with Gasteiger partial charge in [-0.15, -0.1) is 0 Å². The summed E-state index contributed by atoms with van der Waals surface area (Å²) in [7, 11) is 1.40. The quantitative estimate of drug-likeness (QED) is 0.212. The Bertz CT molecular complexity index is 458. The van der Waals surface area contributed by atoms with Crippen LogP contribution in [0.2, 0.25) is 0 Å². The molecule has 1 saturated heterocycles. The Morgan fingerprint density at radius 3 is 2.83 bits per heavy atom. The zero-order valence-electron chi connectivity index (χ0n) is 14.4. The van der Waals surface area contributed by atoms with Gasteiger partial charge in [0.05, 0.1) is 26.2 Å². The molecule has 1 heterocycles. The van der Waals surface area contributed by atoms with Crippen molar-refractivity contribution in [2.45, 2.75) is 64.4 Å². The van der Waals surface area contributed by atoms with Gasteiger partial charge in [-0.3, -0.25) is 4.79 Å². The molecule has 1 aliphatic rings. The van der Waals surface area contributed by atoms with Crippen LogP contribution in [0, 0.1) is 5.92 Å². The first kappa shape index (κ1) is 19.5. The van der Waals surface area contributed by atoms with Crippen molar-refractivity contribution in [3.05, 3.63) is 22.6 Å². The molecule has 0 N–H and O–H groups in total. The van der Waals surface area contributed by atoms with Gasteiger partial charge in [-0.1, -0.05) is 37.0 Å². The standard InChI is InChI=1S/C16H27N3O4/c1-5-6-7-12(10-15(20)21-4)8-9-13-14(11-18-19-17)23-16(2,3)22-13/h8-9,12-14H,5-7,10-11H2,1-4H3/b9-8+/t12-,13+,14?/m1/s1. The first-order chi connectivity index (χ1) is 10.9. The van der Waals surface area contributed by atoms with Crippen molar-refractivity contribution >= 4 is 5.97 Å². The Hall–Kier alpha value is -1.56. The third kappa shape index (κ3) is 7.03. The van der Waals surface area contributed by atoms with E-state index in [1.54, 1.807) is 0 Å². The predicted molar refractivity (Wildman–Crippen MR) is 86.6 cm³/mol. The summed E-state index contributed by atoms with van der Waals surface area (Å²) in [6.45, 7) is 5.98. The van der Waals surface area contributed by atoms with Crippen molar-refractivity contribution in [2.75, 3.05) is 13.7 Å². The number of carbonyl (C=O) groups excluding carboxylic acids is 1. The number of allylic oxidation sites excluding steroid dienone is 1. The molecular formula is C16H27N3O4. The van der Waals surface area contributed by atoms with Gasteiger partial charge in [-0.05, 0) is 31.7 Å². The molecule has 1 fully saturated rings. The third-order valence-corrected chi connectivity index (χ3v) is 3.70. The number of rotatable bonds is 9. The molecule has 0 aliphatic carbocycles. The van der Waals surface area contributed by atoms with Crippen molar-refractivity contribution in [3.63, 3.8) is 0 Å². The topological polar surface area (TPSA) is 93.5 Å². The maximum absolute atomic E-state index is 11.5. The monoisotopic (exact) mass is 325 g/mol. The van der Waals surface area contributed by atoms with Crippen molar-refractivity contribution < 1.29 is 19.0 Å². The van der Waals surface area contributed by atoms with Crippen LogP contribution in [0.5, 0.6) is 0 Å². The fourth-order valence-corrected chi connectivity index (χ4v) is 2.58. The Morgan fingerprint density at radius 1 is 1.48 bits per heavy atom. The van der Waals surface area contributed by atoms with Gasteiger partial charge in [0.2, 0.25) is 0 Å². The zero-order valence-corrected chi connectivity index (χ0v) is 14.4. The van der Waals surface area contributed by atoms with E-state index >= 15 is 0 Å². The molecular weight excluding hydrogens is 298 g/mol. The van der Waals surface area contributed by atoms with E-state index in [9.17, 15) is 4.79 Å². The lowest BCUT2D eigenvalue weighted by molar-refractivity contribution is -0.142. The molecule has 130 valence electrons. The summed E-state index contributed by atoms with van der Waals surface area (Å²) in [4.78, 5) is 14.3. The second-order valence-corrected chi connectivity index (χ2v) is 6.12. The molecule has 0 aromatic heterocycles. The smallest absolute Gasteiger partial charge is 0.306 e. The Labute approximate surface area is 137 Å². The molecule has 1 aliphatic heterocycles. The summed E-state index contributed by atoms with van der Waals surface area (Å²) in [6, 6.07) is 0. The minimum atomic E-state index is -0.716. The van der Waals surface area contributed by atoms with Gasteiger partial charge in [0.15, 0.2) is 5.79 Å². The minimum Gasteiger partial charge on any atom is -0.469 e. The summed E-state index contributed by atoms with van der Waals surface area (Å²) in [5.41, 5.74) is 8.48. The highest BCUT2D eigenvalue weighted by Crippen LogP contribution is 2.30. The summed E-state index contributed by atoms with van der Waals surface area (Å²) in [5.74, 6) is -0.827. The summed E-state index contributed by atoms with van der Waals surface area (Å²) in [6.07, 6.45) is 6.67. The van der Waals surface area contributed by atoms with Crippen LogP contribution in [-0.2, 0) is 19.0 Å². The second-order valence-electron chi connectivity index (χ2n) is 6.12. The van der Waals surface area contributed by atoms with E-state index in [1.165, 1.54) is 7.11 Å². The van der Waals surface area contributed by atoms with Crippen LogP contribution in [0.1, 0.15) is 46.5 Å². The molecule has 0 aromatic rings. The van der Waals surface area contributed by atoms with Crippen molar-refractivity contribution in [2.24, 2.45) is 11.0 Å². The number of esters is 1. The van der Waals surface area contributed by atoms with Gasteiger partial charge in [0.1, 0.15) is 6.10 Å². The summed E-state index contributed by atoms with van der Waals surface area (Å²) >= 11 is 0.